The molecule has 0 amide bonds. The minimum Gasteiger partial charge on any atom is -0.460 e. The average molecular weight is 349 g/mol. The minimum atomic E-state index is -0.233. The first kappa shape index (κ1) is 20.9. The molecular weight excluding hydrogens is 326 g/mol. The predicted molar refractivity (Wildman–Crippen MR) is 93.5 cm³/mol. The molecule has 0 saturated carbocycles. The summed E-state index contributed by atoms with van der Waals surface area (Å²) in [7, 11) is 0. The lowest BCUT2D eigenvalue weighted by atomic mass is 10.2. The van der Waals surface area contributed by atoms with E-state index in [1.165, 1.54) is 12.1 Å². The second-order valence-electron chi connectivity index (χ2n) is 4.66. The molecule has 1 aromatic heterocycles. The first-order chi connectivity index (χ1) is 9.79. The van der Waals surface area contributed by atoms with Gasteiger partial charge in [0.2, 0.25) is 0 Å². The Bertz CT molecular complexity index is 517. The zero-order valence-corrected chi connectivity index (χ0v) is 14.2. The van der Waals surface area contributed by atoms with Crippen LogP contribution < -0.4 is 10.6 Å². The molecule has 0 unspecified atom stereocenters. The molecule has 3 nitrogen and oxygen atoms in total. The highest BCUT2D eigenvalue weighted by molar-refractivity contribution is 5.85. The van der Waals surface area contributed by atoms with E-state index in [2.05, 4.69) is 17.6 Å². The van der Waals surface area contributed by atoms with Gasteiger partial charge in [-0.2, -0.15) is 0 Å². The Balaban J connectivity index is 0.00000220. The normalized spacial score (nSPS) is 9.91. The molecule has 2 N–H and O–H groups in total. The van der Waals surface area contributed by atoms with E-state index in [1.807, 2.05) is 12.1 Å². The summed E-state index contributed by atoms with van der Waals surface area (Å²) in [4.78, 5) is 0. The molecule has 124 valence electrons. The summed E-state index contributed by atoms with van der Waals surface area (Å²) in [5, 5.41) is 6.62. The minimum absolute atomic E-state index is 0. The van der Waals surface area contributed by atoms with Gasteiger partial charge in [-0.25, -0.2) is 4.39 Å². The Morgan fingerprint density at radius 2 is 1.64 bits per heavy atom. The number of benzene rings is 1. The van der Waals surface area contributed by atoms with Crippen LogP contribution in [0.15, 0.2) is 40.8 Å². The SMILES string of the molecule is CCNCCCNCc1ccc(-c2ccc(F)cc2)o1.Cl.Cl. The third-order valence-electron chi connectivity index (χ3n) is 3.05. The van der Waals surface area contributed by atoms with Gasteiger partial charge in [-0.15, -0.1) is 24.8 Å². The predicted octanol–water partition coefficient (Wildman–Crippen LogP) is 4.02. The summed E-state index contributed by atoms with van der Waals surface area (Å²) in [5.41, 5.74) is 0.893. The maximum atomic E-state index is 12.9. The first-order valence-electron chi connectivity index (χ1n) is 7.05. The summed E-state index contributed by atoms with van der Waals surface area (Å²) < 4.78 is 18.6. The van der Waals surface area contributed by atoms with E-state index in [0.29, 0.717) is 6.54 Å². The molecular formula is C16H23Cl2FN2O. The highest BCUT2D eigenvalue weighted by Gasteiger charge is 2.04. The Hall–Kier alpha value is -1.07. The van der Waals surface area contributed by atoms with Crippen molar-refractivity contribution in [2.75, 3.05) is 19.6 Å². The summed E-state index contributed by atoms with van der Waals surface area (Å²) in [6.45, 7) is 5.82. The Morgan fingerprint density at radius 3 is 2.32 bits per heavy atom. The quantitative estimate of drug-likeness (QED) is 0.707. The van der Waals surface area contributed by atoms with Crippen molar-refractivity contribution in [2.24, 2.45) is 0 Å². The molecule has 0 bridgehead atoms. The highest BCUT2D eigenvalue weighted by atomic mass is 35.5. The number of furan rings is 1. The van der Waals surface area contributed by atoms with E-state index in [4.69, 9.17) is 4.42 Å². The number of hydrogen-bond donors (Lipinski definition) is 2. The first-order valence-corrected chi connectivity index (χ1v) is 7.05. The van der Waals surface area contributed by atoms with Crippen LogP contribution in [0.1, 0.15) is 19.1 Å². The lowest BCUT2D eigenvalue weighted by molar-refractivity contribution is 0.488. The maximum Gasteiger partial charge on any atom is 0.134 e. The monoisotopic (exact) mass is 348 g/mol. The standard InChI is InChI=1S/C16H21FN2O.2ClH/c1-2-18-10-3-11-19-12-15-8-9-16(20-15)13-4-6-14(17)7-5-13;;/h4-9,18-19H,2-3,10-12H2,1H3;2*1H. The van der Waals surface area contributed by atoms with E-state index in [-0.39, 0.29) is 30.6 Å². The molecule has 0 fully saturated rings. The van der Waals surface area contributed by atoms with Crippen LogP contribution in [0.25, 0.3) is 11.3 Å². The molecule has 2 aromatic rings. The fraction of sp³-hybridized carbons (Fsp3) is 0.375. The van der Waals surface area contributed by atoms with Gasteiger partial charge in [0.25, 0.3) is 0 Å². The van der Waals surface area contributed by atoms with E-state index in [9.17, 15) is 4.39 Å². The second kappa shape index (κ2) is 11.5. The van der Waals surface area contributed by atoms with Gasteiger partial charge in [0.1, 0.15) is 17.3 Å². The molecule has 0 saturated heterocycles. The van der Waals surface area contributed by atoms with Gasteiger partial charge in [0.15, 0.2) is 0 Å². The number of halogens is 3. The van der Waals surface area contributed by atoms with Crippen LogP contribution in [0.3, 0.4) is 0 Å². The Morgan fingerprint density at radius 1 is 0.955 bits per heavy atom. The van der Waals surface area contributed by atoms with E-state index in [0.717, 1.165) is 43.1 Å². The summed E-state index contributed by atoms with van der Waals surface area (Å²) in [6.07, 6.45) is 1.10. The molecule has 0 aliphatic carbocycles. The van der Waals surface area contributed by atoms with Crippen molar-refractivity contribution >= 4 is 24.8 Å². The molecule has 0 spiro atoms. The van der Waals surface area contributed by atoms with Crippen molar-refractivity contribution in [2.45, 2.75) is 19.9 Å². The third-order valence-corrected chi connectivity index (χ3v) is 3.05. The fourth-order valence-electron chi connectivity index (χ4n) is 1.97. The molecule has 0 aliphatic rings. The van der Waals surface area contributed by atoms with Gasteiger partial charge in [0, 0.05) is 5.56 Å². The van der Waals surface area contributed by atoms with E-state index in [1.54, 1.807) is 12.1 Å². The van der Waals surface area contributed by atoms with Crippen molar-refractivity contribution in [3.8, 4) is 11.3 Å². The van der Waals surface area contributed by atoms with Gasteiger partial charge >= 0.3 is 0 Å². The van der Waals surface area contributed by atoms with Gasteiger partial charge in [0.05, 0.1) is 6.54 Å². The second-order valence-corrected chi connectivity index (χ2v) is 4.66. The van der Waals surface area contributed by atoms with Crippen molar-refractivity contribution in [1.29, 1.82) is 0 Å². The number of hydrogen-bond acceptors (Lipinski definition) is 3. The smallest absolute Gasteiger partial charge is 0.134 e. The van der Waals surface area contributed by atoms with E-state index >= 15 is 0 Å². The largest absolute Gasteiger partial charge is 0.460 e. The molecule has 1 aromatic carbocycles. The van der Waals surface area contributed by atoms with Crippen molar-refractivity contribution in [3.63, 3.8) is 0 Å². The number of rotatable bonds is 8. The van der Waals surface area contributed by atoms with Crippen LogP contribution in [0.4, 0.5) is 4.39 Å². The summed E-state index contributed by atoms with van der Waals surface area (Å²) >= 11 is 0. The molecule has 0 atom stereocenters. The molecule has 6 heteroatoms. The lowest BCUT2D eigenvalue weighted by Gasteiger charge is -2.03. The van der Waals surface area contributed by atoms with Crippen molar-refractivity contribution in [3.05, 3.63) is 48.0 Å². The molecule has 22 heavy (non-hydrogen) atoms. The van der Waals surface area contributed by atoms with Crippen LogP contribution >= 0.6 is 24.8 Å². The molecule has 1 heterocycles. The highest BCUT2D eigenvalue weighted by Crippen LogP contribution is 2.22. The molecule has 2 rings (SSSR count). The Labute approximate surface area is 143 Å². The van der Waals surface area contributed by atoms with Crippen LogP contribution in [0.2, 0.25) is 0 Å². The van der Waals surface area contributed by atoms with Crippen LogP contribution in [0.5, 0.6) is 0 Å². The molecule has 0 radical (unpaired) electrons. The maximum absolute atomic E-state index is 12.9. The van der Waals surface area contributed by atoms with Crippen LogP contribution in [0, 0.1) is 5.82 Å². The van der Waals surface area contributed by atoms with Gasteiger partial charge in [-0.05, 0) is 62.5 Å². The van der Waals surface area contributed by atoms with Crippen LogP contribution in [-0.2, 0) is 6.54 Å². The van der Waals surface area contributed by atoms with Crippen molar-refractivity contribution < 1.29 is 8.81 Å². The average Bonchev–Trinajstić information content (AvgIpc) is 2.92. The van der Waals surface area contributed by atoms with Crippen molar-refractivity contribution in [1.82, 2.24) is 10.6 Å². The van der Waals surface area contributed by atoms with Crippen LogP contribution in [-0.4, -0.2) is 19.6 Å². The summed E-state index contributed by atoms with van der Waals surface area (Å²) in [5.74, 6) is 1.44. The zero-order valence-electron chi connectivity index (χ0n) is 12.6. The zero-order chi connectivity index (χ0) is 14.2. The Kier molecular flexibility index (Phi) is 10.9. The molecule has 0 aliphatic heterocycles. The van der Waals surface area contributed by atoms with Gasteiger partial charge in [-0.3, -0.25) is 0 Å². The third kappa shape index (κ3) is 6.79. The fourth-order valence-corrected chi connectivity index (χ4v) is 1.97. The van der Waals surface area contributed by atoms with Gasteiger partial charge in [-0.1, -0.05) is 6.92 Å². The topological polar surface area (TPSA) is 37.2 Å². The number of nitrogens with one attached hydrogen (secondary N) is 2. The van der Waals surface area contributed by atoms with Gasteiger partial charge < -0.3 is 15.1 Å². The summed E-state index contributed by atoms with van der Waals surface area (Å²) in [6, 6.07) is 10.2. The lowest BCUT2D eigenvalue weighted by Crippen LogP contribution is -2.21. The van der Waals surface area contributed by atoms with E-state index < -0.39 is 0 Å².